The molecule has 1 atom stereocenters. The van der Waals surface area contributed by atoms with Crippen LogP contribution in [0.2, 0.25) is 0 Å². The Bertz CT molecular complexity index is 685. The van der Waals surface area contributed by atoms with Crippen LogP contribution in [0.25, 0.3) is 10.9 Å². The summed E-state index contributed by atoms with van der Waals surface area (Å²) in [6.45, 7) is 5.17. The van der Waals surface area contributed by atoms with Crippen molar-refractivity contribution in [2.24, 2.45) is 0 Å². The van der Waals surface area contributed by atoms with E-state index in [4.69, 9.17) is 4.74 Å². The number of carbonyl (C=O) groups is 2. The number of para-hydroxylation sites is 1. The van der Waals surface area contributed by atoms with E-state index >= 15 is 0 Å². The molecule has 0 aliphatic rings. The Morgan fingerprint density at radius 1 is 1.32 bits per heavy atom. The lowest BCUT2D eigenvalue weighted by Crippen LogP contribution is -2.44. The van der Waals surface area contributed by atoms with Gasteiger partial charge in [-0.1, -0.05) is 18.2 Å². The van der Waals surface area contributed by atoms with E-state index in [-0.39, 0.29) is 6.42 Å². The topological polar surface area (TPSA) is 91.4 Å². The third-order valence-corrected chi connectivity index (χ3v) is 3.09. The average molecular weight is 305 g/mol. The van der Waals surface area contributed by atoms with Gasteiger partial charge in [-0.15, -0.1) is 0 Å². The van der Waals surface area contributed by atoms with Crippen molar-refractivity contribution in [1.29, 1.82) is 0 Å². The Morgan fingerprint density at radius 2 is 2.00 bits per heavy atom. The van der Waals surface area contributed by atoms with Crippen LogP contribution in [0.3, 0.4) is 0 Å². The zero-order chi connectivity index (χ0) is 16.3. The molecule has 6 nitrogen and oxygen atoms in total. The first-order valence-corrected chi connectivity index (χ1v) is 7.03. The molecule has 1 amide bonds. The fourth-order valence-electron chi connectivity index (χ4n) is 2.17. The number of fused-ring (bicyclic) bond motifs is 1. The van der Waals surface area contributed by atoms with E-state index in [0.29, 0.717) is 0 Å². The van der Waals surface area contributed by atoms with Gasteiger partial charge >= 0.3 is 12.1 Å². The van der Waals surface area contributed by atoms with Gasteiger partial charge in [0.1, 0.15) is 11.6 Å². The van der Waals surface area contributed by atoms with Crippen molar-refractivity contribution in [2.45, 2.75) is 38.8 Å². The summed E-state index contributed by atoms with van der Waals surface area (Å²) in [5.74, 6) is -1.10. The first kappa shape index (κ1) is 15.9. The number of carboxylic acids is 1. The molecule has 22 heavy (non-hydrogen) atoms. The molecular formula is C16H20N2O4. The van der Waals surface area contributed by atoms with Crippen LogP contribution < -0.4 is 5.32 Å². The summed E-state index contributed by atoms with van der Waals surface area (Å²) in [5, 5.41) is 12.7. The quantitative estimate of drug-likeness (QED) is 0.757. The Labute approximate surface area is 128 Å². The largest absolute Gasteiger partial charge is 0.480 e. The summed E-state index contributed by atoms with van der Waals surface area (Å²) < 4.78 is 5.10. The van der Waals surface area contributed by atoms with Gasteiger partial charge in [0.15, 0.2) is 0 Å². The number of benzene rings is 1. The second-order valence-electron chi connectivity index (χ2n) is 6.10. The standard InChI is InChI=1S/C16H20N2O4/c1-16(2,3)22-15(21)18-13(14(19)20)8-10-9-17-12-7-5-4-6-11(10)12/h4-7,9,13,17H,8H2,1-3H3,(H,18,21)(H,19,20)/i14+1. The lowest BCUT2D eigenvalue weighted by molar-refractivity contribution is -0.139. The summed E-state index contributed by atoms with van der Waals surface area (Å²) >= 11 is 0. The predicted molar refractivity (Wildman–Crippen MR) is 82.8 cm³/mol. The summed E-state index contributed by atoms with van der Waals surface area (Å²) in [7, 11) is 0. The fraction of sp³-hybridized carbons (Fsp3) is 0.375. The lowest BCUT2D eigenvalue weighted by Gasteiger charge is -2.21. The fourth-order valence-corrected chi connectivity index (χ4v) is 2.17. The van der Waals surface area contributed by atoms with E-state index < -0.39 is 23.7 Å². The maximum Gasteiger partial charge on any atom is 0.408 e. The van der Waals surface area contributed by atoms with Gasteiger partial charge in [-0.05, 0) is 32.4 Å². The number of nitrogens with one attached hydrogen (secondary N) is 2. The number of H-pyrrole nitrogens is 1. The highest BCUT2D eigenvalue weighted by molar-refractivity contribution is 5.85. The number of rotatable bonds is 4. The zero-order valence-corrected chi connectivity index (χ0v) is 12.8. The number of hydrogen-bond donors (Lipinski definition) is 3. The normalized spacial score (nSPS) is 12.9. The van der Waals surface area contributed by atoms with Crippen molar-refractivity contribution < 1.29 is 19.4 Å². The van der Waals surface area contributed by atoms with E-state index in [1.54, 1.807) is 27.0 Å². The Morgan fingerprint density at radius 3 is 2.64 bits per heavy atom. The van der Waals surface area contributed by atoms with Crippen LogP contribution in [-0.2, 0) is 16.0 Å². The molecule has 0 saturated carbocycles. The smallest absolute Gasteiger partial charge is 0.408 e. The Hall–Kier alpha value is -2.50. The van der Waals surface area contributed by atoms with Crippen molar-refractivity contribution in [3.63, 3.8) is 0 Å². The van der Waals surface area contributed by atoms with E-state index in [0.717, 1.165) is 16.5 Å². The minimum atomic E-state index is -1.10. The molecule has 1 unspecified atom stereocenters. The molecule has 2 rings (SSSR count). The highest BCUT2D eigenvalue weighted by Gasteiger charge is 2.25. The monoisotopic (exact) mass is 305 g/mol. The van der Waals surface area contributed by atoms with Gasteiger partial charge in [0.2, 0.25) is 0 Å². The van der Waals surface area contributed by atoms with Gasteiger partial charge in [-0.2, -0.15) is 0 Å². The van der Waals surface area contributed by atoms with Crippen molar-refractivity contribution in [3.05, 3.63) is 36.0 Å². The summed E-state index contributed by atoms with van der Waals surface area (Å²) in [5.41, 5.74) is 1.09. The van der Waals surface area contributed by atoms with Crippen LogP contribution in [0, 0.1) is 0 Å². The highest BCUT2D eigenvalue weighted by atomic mass is 16.6. The molecule has 6 heteroatoms. The number of carbonyl (C=O) groups excluding carboxylic acids is 1. The van der Waals surface area contributed by atoms with Crippen molar-refractivity contribution in [1.82, 2.24) is 10.3 Å². The van der Waals surface area contributed by atoms with Crippen LogP contribution in [0.15, 0.2) is 30.5 Å². The molecular weight excluding hydrogens is 285 g/mol. The summed E-state index contributed by atoms with van der Waals surface area (Å²) in [4.78, 5) is 26.2. The first-order chi connectivity index (χ1) is 10.3. The number of aromatic nitrogens is 1. The van der Waals surface area contributed by atoms with E-state index in [2.05, 4.69) is 10.3 Å². The third kappa shape index (κ3) is 4.00. The molecule has 1 aromatic heterocycles. The van der Waals surface area contributed by atoms with Gasteiger partial charge in [-0.25, -0.2) is 9.59 Å². The van der Waals surface area contributed by atoms with E-state index in [9.17, 15) is 14.7 Å². The molecule has 0 saturated heterocycles. The Balaban J connectivity index is 2.12. The van der Waals surface area contributed by atoms with Crippen LogP contribution in [-0.4, -0.2) is 33.8 Å². The van der Waals surface area contributed by atoms with Crippen LogP contribution in [0.5, 0.6) is 0 Å². The molecule has 2 aromatic rings. The molecule has 0 bridgehead atoms. The van der Waals surface area contributed by atoms with Crippen LogP contribution in [0.4, 0.5) is 4.79 Å². The molecule has 0 fully saturated rings. The lowest BCUT2D eigenvalue weighted by atomic mass is 10.1. The SMILES string of the molecule is CC(C)(C)OC(=O)NC(Cc1c[nH]c2ccccc12)[13C](=O)O. The number of aliphatic carboxylic acids is 1. The van der Waals surface area contributed by atoms with Crippen molar-refractivity contribution in [2.75, 3.05) is 0 Å². The van der Waals surface area contributed by atoms with Gasteiger partial charge in [-0.3, -0.25) is 0 Å². The van der Waals surface area contributed by atoms with Gasteiger partial charge in [0, 0.05) is 23.5 Å². The van der Waals surface area contributed by atoms with Gasteiger partial charge in [0.05, 0.1) is 0 Å². The average Bonchev–Trinajstić information content (AvgIpc) is 2.79. The summed E-state index contributed by atoms with van der Waals surface area (Å²) in [6.07, 6.45) is 1.20. The Kier molecular flexibility index (Phi) is 4.40. The third-order valence-electron chi connectivity index (χ3n) is 3.09. The number of hydrogen-bond acceptors (Lipinski definition) is 3. The number of ether oxygens (including phenoxy) is 1. The van der Waals surface area contributed by atoms with Crippen molar-refractivity contribution in [3.8, 4) is 0 Å². The molecule has 118 valence electrons. The number of carboxylic acid groups (broad SMARTS) is 1. The second kappa shape index (κ2) is 6.09. The summed E-state index contributed by atoms with van der Waals surface area (Å²) in [6, 6.07) is 6.56. The highest BCUT2D eigenvalue weighted by Crippen LogP contribution is 2.19. The molecule has 1 aromatic carbocycles. The number of amides is 1. The first-order valence-electron chi connectivity index (χ1n) is 7.03. The van der Waals surface area contributed by atoms with Crippen LogP contribution >= 0.6 is 0 Å². The number of alkyl carbamates (subject to hydrolysis) is 1. The van der Waals surface area contributed by atoms with Gasteiger partial charge in [0.25, 0.3) is 0 Å². The minimum Gasteiger partial charge on any atom is -0.480 e. The predicted octanol–water partition coefficient (Wildman–Crippen LogP) is 2.69. The molecule has 0 aliphatic heterocycles. The molecule has 3 N–H and O–H groups in total. The van der Waals surface area contributed by atoms with E-state index in [1.165, 1.54) is 0 Å². The molecule has 0 spiro atoms. The minimum absolute atomic E-state index is 0.179. The van der Waals surface area contributed by atoms with Crippen molar-refractivity contribution >= 4 is 23.0 Å². The molecule has 0 aliphatic carbocycles. The van der Waals surface area contributed by atoms with E-state index in [1.807, 2.05) is 24.3 Å². The zero-order valence-electron chi connectivity index (χ0n) is 12.8. The molecule has 1 heterocycles. The number of aromatic amines is 1. The maximum absolute atomic E-state index is 11.8. The maximum atomic E-state index is 11.8. The van der Waals surface area contributed by atoms with Gasteiger partial charge < -0.3 is 20.1 Å². The van der Waals surface area contributed by atoms with Crippen LogP contribution in [0.1, 0.15) is 26.3 Å². The molecule has 0 radical (unpaired) electrons. The second-order valence-corrected chi connectivity index (χ2v) is 6.10.